The number of H-pyrrole nitrogens is 1. The van der Waals surface area contributed by atoms with E-state index in [-0.39, 0.29) is 0 Å². The minimum atomic E-state index is -0.470. The molecule has 1 heterocycles. The minimum Gasteiger partial charge on any atom is -0.380 e. The zero-order chi connectivity index (χ0) is 14.8. The zero-order valence-electron chi connectivity index (χ0n) is 11.2. The van der Waals surface area contributed by atoms with Crippen molar-refractivity contribution in [3.63, 3.8) is 0 Å². The number of hydrogen-bond acceptors (Lipinski definition) is 2. The fourth-order valence-corrected chi connectivity index (χ4v) is 2.40. The Kier molecular flexibility index (Phi) is 3.54. The van der Waals surface area contributed by atoms with E-state index < -0.39 is 5.91 Å². The van der Waals surface area contributed by atoms with Crippen molar-refractivity contribution in [2.45, 2.75) is 6.54 Å². The molecule has 0 bridgehead atoms. The Hall–Kier alpha value is -2.46. The molecule has 4 nitrogen and oxygen atoms in total. The van der Waals surface area contributed by atoms with Gasteiger partial charge in [0.25, 0.3) is 0 Å². The highest BCUT2D eigenvalue weighted by molar-refractivity contribution is 6.33. The first-order valence-corrected chi connectivity index (χ1v) is 6.90. The SMILES string of the molecule is NC(=O)c1ccc(Cl)c(NCc2ccc3cc[nH]c3c2)c1. The normalized spacial score (nSPS) is 10.7. The number of halogens is 1. The van der Waals surface area contributed by atoms with Crippen LogP contribution in [0.3, 0.4) is 0 Å². The van der Waals surface area contributed by atoms with Crippen LogP contribution in [0.4, 0.5) is 5.69 Å². The predicted octanol–water partition coefficient (Wildman–Crippen LogP) is 3.53. The lowest BCUT2D eigenvalue weighted by Crippen LogP contribution is -2.11. The molecule has 0 aliphatic heterocycles. The van der Waals surface area contributed by atoms with E-state index in [1.165, 1.54) is 5.39 Å². The van der Waals surface area contributed by atoms with Crippen molar-refractivity contribution in [2.24, 2.45) is 5.73 Å². The average molecular weight is 300 g/mol. The van der Waals surface area contributed by atoms with Gasteiger partial charge in [-0.05, 0) is 41.3 Å². The van der Waals surface area contributed by atoms with Gasteiger partial charge >= 0.3 is 0 Å². The number of amides is 1. The summed E-state index contributed by atoms with van der Waals surface area (Å²) in [5.41, 5.74) is 8.61. The molecule has 0 spiro atoms. The van der Waals surface area contributed by atoms with Crippen LogP contribution in [-0.4, -0.2) is 10.9 Å². The molecule has 4 N–H and O–H groups in total. The van der Waals surface area contributed by atoms with E-state index in [0.717, 1.165) is 11.1 Å². The standard InChI is InChI=1S/C16H14ClN3O/c17-13-4-3-12(16(18)21)8-15(13)20-9-10-1-2-11-5-6-19-14(11)7-10/h1-8,19-20H,9H2,(H2,18,21). The molecule has 0 unspecified atom stereocenters. The van der Waals surface area contributed by atoms with E-state index in [2.05, 4.69) is 28.5 Å². The lowest BCUT2D eigenvalue weighted by atomic mass is 10.1. The molecule has 3 aromatic rings. The van der Waals surface area contributed by atoms with Crippen molar-refractivity contribution in [3.05, 3.63) is 64.8 Å². The Morgan fingerprint density at radius 1 is 1.19 bits per heavy atom. The third-order valence-electron chi connectivity index (χ3n) is 3.35. The number of fused-ring (bicyclic) bond motifs is 1. The number of anilines is 1. The molecule has 0 saturated carbocycles. The number of aromatic nitrogens is 1. The fraction of sp³-hybridized carbons (Fsp3) is 0.0625. The highest BCUT2D eigenvalue weighted by Crippen LogP contribution is 2.24. The molecule has 1 aromatic heterocycles. The van der Waals surface area contributed by atoms with Gasteiger partial charge in [-0.15, -0.1) is 0 Å². The van der Waals surface area contributed by atoms with Crippen LogP contribution in [0.2, 0.25) is 5.02 Å². The van der Waals surface area contributed by atoms with Gasteiger partial charge in [0.05, 0.1) is 10.7 Å². The molecule has 1 amide bonds. The Bertz CT molecular complexity index is 810. The minimum absolute atomic E-state index is 0.432. The molecule has 5 heteroatoms. The second-order valence-corrected chi connectivity index (χ2v) is 5.22. The van der Waals surface area contributed by atoms with Crippen LogP contribution >= 0.6 is 11.6 Å². The first-order chi connectivity index (χ1) is 10.1. The Balaban J connectivity index is 1.80. The summed E-state index contributed by atoms with van der Waals surface area (Å²) < 4.78 is 0. The van der Waals surface area contributed by atoms with Gasteiger partial charge in [0, 0.05) is 23.8 Å². The number of rotatable bonds is 4. The maximum atomic E-state index is 11.2. The maximum Gasteiger partial charge on any atom is 0.248 e. The summed E-state index contributed by atoms with van der Waals surface area (Å²) in [6, 6.07) is 13.2. The summed E-state index contributed by atoms with van der Waals surface area (Å²) >= 11 is 6.12. The van der Waals surface area contributed by atoms with Crippen molar-refractivity contribution >= 4 is 34.1 Å². The molecule has 0 fully saturated rings. The monoisotopic (exact) mass is 299 g/mol. The van der Waals surface area contributed by atoms with Gasteiger partial charge in [0.2, 0.25) is 5.91 Å². The topological polar surface area (TPSA) is 70.9 Å². The molecule has 3 rings (SSSR count). The Labute approximate surface area is 126 Å². The number of carbonyl (C=O) groups excluding carboxylic acids is 1. The van der Waals surface area contributed by atoms with Crippen LogP contribution in [0.5, 0.6) is 0 Å². The average Bonchev–Trinajstić information content (AvgIpc) is 2.93. The van der Waals surface area contributed by atoms with Crippen LogP contribution in [0.25, 0.3) is 10.9 Å². The fourth-order valence-electron chi connectivity index (χ4n) is 2.22. The van der Waals surface area contributed by atoms with E-state index in [0.29, 0.717) is 22.8 Å². The van der Waals surface area contributed by atoms with Gasteiger partial charge in [-0.2, -0.15) is 0 Å². The van der Waals surface area contributed by atoms with Gasteiger partial charge in [0.15, 0.2) is 0 Å². The largest absolute Gasteiger partial charge is 0.380 e. The van der Waals surface area contributed by atoms with Crippen LogP contribution in [0.15, 0.2) is 48.7 Å². The van der Waals surface area contributed by atoms with Crippen LogP contribution in [0.1, 0.15) is 15.9 Å². The summed E-state index contributed by atoms with van der Waals surface area (Å²) in [6.07, 6.45) is 1.91. The van der Waals surface area contributed by atoms with Crippen LogP contribution < -0.4 is 11.1 Å². The number of nitrogens with two attached hydrogens (primary N) is 1. The van der Waals surface area contributed by atoms with Gasteiger partial charge in [-0.3, -0.25) is 4.79 Å². The van der Waals surface area contributed by atoms with E-state index in [1.54, 1.807) is 18.2 Å². The quantitative estimate of drug-likeness (QED) is 0.689. The molecule has 0 aliphatic rings. The molecular formula is C16H14ClN3O. The molecule has 21 heavy (non-hydrogen) atoms. The smallest absolute Gasteiger partial charge is 0.248 e. The highest BCUT2D eigenvalue weighted by Gasteiger charge is 2.06. The highest BCUT2D eigenvalue weighted by atomic mass is 35.5. The molecule has 0 atom stereocenters. The summed E-state index contributed by atoms with van der Waals surface area (Å²) in [5.74, 6) is -0.470. The second-order valence-electron chi connectivity index (χ2n) is 4.81. The number of nitrogens with one attached hydrogen (secondary N) is 2. The lowest BCUT2D eigenvalue weighted by molar-refractivity contribution is 0.100. The molecule has 2 aromatic carbocycles. The van der Waals surface area contributed by atoms with Gasteiger partial charge < -0.3 is 16.0 Å². The predicted molar refractivity (Wildman–Crippen MR) is 85.6 cm³/mol. The third-order valence-corrected chi connectivity index (χ3v) is 3.68. The van der Waals surface area contributed by atoms with E-state index in [4.69, 9.17) is 17.3 Å². The van der Waals surface area contributed by atoms with E-state index in [1.807, 2.05) is 12.3 Å². The molecule has 0 aliphatic carbocycles. The third kappa shape index (κ3) is 2.85. The number of hydrogen-bond donors (Lipinski definition) is 3. The van der Waals surface area contributed by atoms with Crippen molar-refractivity contribution in [3.8, 4) is 0 Å². The zero-order valence-corrected chi connectivity index (χ0v) is 11.9. The Morgan fingerprint density at radius 2 is 2.05 bits per heavy atom. The van der Waals surface area contributed by atoms with Crippen molar-refractivity contribution in [1.82, 2.24) is 4.98 Å². The van der Waals surface area contributed by atoms with E-state index in [9.17, 15) is 4.79 Å². The molecular weight excluding hydrogens is 286 g/mol. The number of benzene rings is 2. The number of primary amides is 1. The first-order valence-electron chi connectivity index (χ1n) is 6.53. The first kappa shape index (κ1) is 13.5. The summed E-state index contributed by atoms with van der Waals surface area (Å²) in [7, 11) is 0. The molecule has 0 radical (unpaired) electrons. The van der Waals surface area contributed by atoms with Crippen LogP contribution in [-0.2, 0) is 6.54 Å². The second kappa shape index (κ2) is 5.50. The van der Waals surface area contributed by atoms with Gasteiger partial charge in [-0.1, -0.05) is 23.7 Å². The van der Waals surface area contributed by atoms with Gasteiger partial charge in [0.1, 0.15) is 0 Å². The summed E-state index contributed by atoms with van der Waals surface area (Å²) in [6.45, 7) is 0.608. The van der Waals surface area contributed by atoms with Gasteiger partial charge in [-0.25, -0.2) is 0 Å². The number of aromatic amines is 1. The molecule has 106 valence electrons. The summed E-state index contributed by atoms with van der Waals surface area (Å²) in [4.78, 5) is 14.4. The Morgan fingerprint density at radius 3 is 2.86 bits per heavy atom. The summed E-state index contributed by atoms with van der Waals surface area (Å²) in [5, 5.41) is 4.96. The molecule has 0 saturated heterocycles. The van der Waals surface area contributed by atoms with Crippen molar-refractivity contribution in [1.29, 1.82) is 0 Å². The van der Waals surface area contributed by atoms with E-state index >= 15 is 0 Å². The van der Waals surface area contributed by atoms with Crippen molar-refractivity contribution in [2.75, 3.05) is 5.32 Å². The number of carbonyl (C=O) groups is 1. The van der Waals surface area contributed by atoms with Crippen molar-refractivity contribution < 1.29 is 4.79 Å². The van der Waals surface area contributed by atoms with Crippen LogP contribution in [0, 0.1) is 0 Å². The maximum absolute atomic E-state index is 11.2. The lowest BCUT2D eigenvalue weighted by Gasteiger charge is -2.10.